The van der Waals surface area contributed by atoms with Crippen molar-refractivity contribution in [3.05, 3.63) is 24.3 Å². The van der Waals surface area contributed by atoms with E-state index in [0.717, 1.165) is 24.6 Å². The number of nitrogens with zero attached hydrogens (tertiary/aromatic N) is 1. The fourth-order valence-corrected chi connectivity index (χ4v) is 3.47. The van der Waals surface area contributed by atoms with Gasteiger partial charge in [-0.3, -0.25) is 4.79 Å². The second-order valence-corrected chi connectivity index (χ2v) is 6.12. The molecule has 1 heterocycles. The molecule has 20 heavy (non-hydrogen) atoms. The van der Waals surface area contributed by atoms with Crippen LogP contribution in [0.25, 0.3) is 0 Å². The zero-order valence-electron chi connectivity index (χ0n) is 12.3. The van der Waals surface area contributed by atoms with Crippen LogP contribution in [-0.2, 0) is 4.79 Å². The van der Waals surface area contributed by atoms with Crippen LogP contribution in [0.3, 0.4) is 0 Å². The van der Waals surface area contributed by atoms with Crippen molar-refractivity contribution in [2.24, 2.45) is 5.92 Å². The molecule has 108 valence electrons. The van der Waals surface area contributed by atoms with Crippen molar-refractivity contribution in [2.45, 2.75) is 51.5 Å². The van der Waals surface area contributed by atoms with Gasteiger partial charge in [-0.25, -0.2) is 0 Å². The third-order valence-electron chi connectivity index (χ3n) is 4.74. The minimum absolute atomic E-state index is 0.257. The highest BCUT2D eigenvalue weighted by atomic mass is 16.2. The molecule has 3 heteroatoms. The first-order chi connectivity index (χ1) is 9.76. The van der Waals surface area contributed by atoms with Gasteiger partial charge in [-0.05, 0) is 55.9 Å². The number of hydrogen-bond acceptors (Lipinski definition) is 2. The minimum Gasteiger partial charge on any atom is -0.382 e. The van der Waals surface area contributed by atoms with E-state index in [-0.39, 0.29) is 5.91 Å². The zero-order valence-corrected chi connectivity index (χ0v) is 12.3. The molecule has 0 aromatic heterocycles. The van der Waals surface area contributed by atoms with E-state index >= 15 is 0 Å². The summed E-state index contributed by atoms with van der Waals surface area (Å²) in [5.74, 6) is 1.15. The molecule has 2 aliphatic rings. The van der Waals surface area contributed by atoms with Crippen LogP contribution in [0.15, 0.2) is 24.3 Å². The highest BCUT2D eigenvalue weighted by molar-refractivity contribution is 5.95. The summed E-state index contributed by atoms with van der Waals surface area (Å²) in [5, 5.41) is 3.63. The second kappa shape index (κ2) is 5.86. The molecule has 2 fully saturated rings. The van der Waals surface area contributed by atoms with E-state index in [1.54, 1.807) is 0 Å². The predicted molar refractivity (Wildman–Crippen MR) is 83.1 cm³/mol. The molecule has 1 aliphatic heterocycles. The van der Waals surface area contributed by atoms with E-state index in [0.29, 0.717) is 12.5 Å². The maximum Gasteiger partial charge on any atom is 0.227 e. The fraction of sp³-hybridized carbons (Fsp3) is 0.588. The molecule has 3 rings (SSSR count). The van der Waals surface area contributed by atoms with Crippen molar-refractivity contribution < 1.29 is 4.79 Å². The largest absolute Gasteiger partial charge is 0.382 e. The van der Waals surface area contributed by atoms with Gasteiger partial charge < -0.3 is 10.2 Å². The Morgan fingerprint density at radius 2 is 2.05 bits per heavy atom. The summed E-state index contributed by atoms with van der Waals surface area (Å²) in [6.45, 7) is 3.15. The standard InChI is InChI=1S/C17H24N2O/c1-2-13-5-6-15(12-13)18-14-7-9-16(10-8-14)19-11-3-4-17(19)20/h7-10,13,15,18H,2-6,11-12H2,1H3. The average Bonchev–Trinajstić information content (AvgIpc) is 3.09. The quantitative estimate of drug-likeness (QED) is 0.904. The lowest BCUT2D eigenvalue weighted by Gasteiger charge is -2.18. The highest BCUT2D eigenvalue weighted by Gasteiger charge is 2.24. The molecule has 0 bridgehead atoms. The van der Waals surface area contributed by atoms with Crippen LogP contribution in [0.2, 0.25) is 0 Å². The lowest BCUT2D eigenvalue weighted by Crippen LogP contribution is -2.23. The minimum atomic E-state index is 0.257. The average molecular weight is 272 g/mol. The van der Waals surface area contributed by atoms with Crippen LogP contribution in [0, 0.1) is 5.92 Å². The topological polar surface area (TPSA) is 32.3 Å². The van der Waals surface area contributed by atoms with E-state index < -0.39 is 0 Å². The van der Waals surface area contributed by atoms with Gasteiger partial charge in [-0.1, -0.05) is 13.3 Å². The first kappa shape index (κ1) is 13.5. The molecule has 1 aromatic rings. The molecule has 3 nitrogen and oxygen atoms in total. The number of nitrogens with one attached hydrogen (secondary N) is 1. The van der Waals surface area contributed by atoms with Gasteiger partial charge >= 0.3 is 0 Å². The Balaban J connectivity index is 1.60. The Morgan fingerprint density at radius 1 is 1.25 bits per heavy atom. The van der Waals surface area contributed by atoms with E-state index in [9.17, 15) is 4.79 Å². The van der Waals surface area contributed by atoms with Gasteiger partial charge in [0, 0.05) is 30.4 Å². The summed E-state index contributed by atoms with van der Waals surface area (Å²) >= 11 is 0. The van der Waals surface area contributed by atoms with Gasteiger partial charge in [0.1, 0.15) is 0 Å². The van der Waals surface area contributed by atoms with Gasteiger partial charge in [0.25, 0.3) is 0 Å². The van der Waals surface area contributed by atoms with Gasteiger partial charge in [-0.15, -0.1) is 0 Å². The van der Waals surface area contributed by atoms with Crippen molar-refractivity contribution in [3.63, 3.8) is 0 Å². The first-order valence-corrected chi connectivity index (χ1v) is 7.93. The molecule has 2 unspecified atom stereocenters. The maximum absolute atomic E-state index is 11.7. The molecule has 1 saturated heterocycles. The van der Waals surface area contributed by atoms with Crippen molar-refractivity contribution in [3.8, 4) is 0 Å². The lowest BCUT2D eigenvalue weighted by molar-refractivity contribution is -0.117. The van der Waals surface area contributed by atoms with Crippen LogP contribution in [-0.4, -0.2) is 18.5 Å². The molecule has 0 radical (unpaired) electrons. The van der Waals surface area contributed by atoms with Crippen LogP contribution in [0.1, 0.15) is 45.4 Å². The van der Waals surface area contributed by atoms with Gasteiger partial charge in [0.2, 0.25) is 5.91 Å². The molecule has 0 spiro atoms. The Hall–Kier alpha value is -1.51. The third-order valence-corrected chi connectivity index (χ3v) is 4.74. The van der Waals surface area contributed by atoms with E-state index in [1.165, 1.54) is 31.4 Å². The molecular weight excluding hydrogens is 248 g/mol. The van der Waals surface area contributed by atoms with E-state index in [2.05, 4.69) is 36.5 Å². The Kier molecular flexibility index (Phi) is 3.95. The number of carbonyl (C=O) groups is 1. The first-order valence-electron chi connectivity index (χ1n) is 7.93. The molecule has 1 aliphatic carbocycles. The van der Waals surface area contributed by atoms with Gasteiger partial charge in [-0.2, -0.15) is 0 Å². The van der Waals surface area contributed by atoms with E-state index in [4.69, 9.17) is 0 Å². The molecule has 1 N–H and O–H groups in total. The number of hydrogen-bond donors (Lipinski definition) is 1. The van der Waals surface area contributed by atoms with Crippen molar-refractivity contribution in [1.29, 1.82) is 0 Å². The molecule has 1 aromatic carbocycles. The van der Waals surface area contributed by atoms with Crippen LogP contribution in [0.4, 0.5) is 11.4 Å². The number of benzene rings is 1. The monoisotopic (exact) mass is 272 g/mol. The smallest absolute Gasteiger partial charge is 0.227 e. The summed E-state index contributed by atoms with van der Waals surface area (Å²) in [7, 11) is 0. The summed E-state index contributed by atoms with van der Waals surface area (Å²) in [6, 6.07) is 8.98. The Labute approximate surface area is 121 Å². The van der Waals surface area contributed by atoms with Crippen molar-refractivity contribution >= 4 is 17.3 Å². The summed E-state index contributed by atoms with van der Waals surface area (Å²) in [6.07, 6.45) is 6.91. The summed E-state index contributed by atoms with van der Waals surface area (Å²) in [4.78, 5) is 13.6. The SMILES string of the molecule is CCC1CCC(Nc2ccc(N3CCCC3=O)cc2)C1. The Morgan fingerprint density at radius 3 is 2.65 bits per heavy atom. The maximum atomic E-state index is 11.7. The molecule has 1 saturated carbocycles. The lowest BCUT2D eigenvalue weighted by atomic mass is 10.1. The zero-order chi connectivity index (χ0) is 13.9. The van der Waals surface area contributed by atoms with Crippen LogP contribution < -0.4 is 10.2 Å². The summed E-state index contributed by atoms with van der Waals surface area (Å²) < 4.78 is 0. The number of anilines is 2. The van der Waals surface area contributed by atoms with Crippen LogP contribution in [0.5, 0.6) is 0 Å². The number of rotatable bonds is 4. The van der Waals surface area contributed by atoms with Gasteiger partial charge in [0.15, 0.2) is 0 Å². The van der Waals surface area contributed by atoms with E-state index in [1.807, 2.05) is 4.90 Å². The van der Waals surface area contributed by atoms with Gasteiger partial charge in [0.05, 0.1) is 0 Å². The summed E-state index contributed by atoms with van der Waals surface area (Å²) in [5.41, 5.74) is 2.22. The number of amides is 1. The molecular formula is C17H24N2O. The predicted octanol–water partition coefficient (Wildman–Crippen LogP) is 3.80. The fourth-order valence-electron chi connectivity index (χ4n) is 3.47. The van der Waals surface area contributed by atoms with Crippen molar-refractivity contribution in [2.75, 3.05) is 16.8 Å². The third kappa shape index (κ3) is 2.82. The molecule has 2 atom stereocenters. The molecule has 1 amide bonds. The highest BCUT2D eigenvalue weighted by Crippen LogP contribution is 2.30. The van der Waals surface area contributed by atoms with Crippen LogP contribution >= 0.6 is 0 Å². The second-order valence-electron chi connectivity index (χ2n) is 6.12. The number of carbonyl (C=O) groups excluding carboxylic acids is 1. The normalized spacial score (nSPS) is 26.2. The Bertz CT molecular complexity index is 468. The van der Waals surface area contributed by atoms with Crippen molar-refractivity contribution in [1.82, 2.24) is 0 Å².